The minimum absolute atomic E-state index is 0.126. The summed E-state index contributed by atoms with van der Waals surface area (Å²) in [4.78, 5) is 37.0. The number of anilines is 1. The SMILES string of the molecule is CCCOc1ccc(-c2c(C(=O)O)c(N)[nH]c(=O)c2C(=O)O)cc1Cl. The molecule has 0 amide bonds. The van der Waals surface area contributed by atoms with Crippen LogP contribution in [0.3, 0.4) is 0 Å². The smallest absolute Gasteiger partial charge is 0.342 e. The second-order valence-electron chi connectivity index (χ2n) is 5.10. The fourth-order valence-electron chi connectivity index (χ4n) is 2.32. The summed E-state index contributed by atoms with van der Waals surface area (Å²) in [6, 6.07) is 4.23. The van der Waals surface area contributed by atoms with Gasteiger partial charge in [0.25, 0.3) is 5.56 Å². The van der Waals surface area contributed by atoms with E-state index >= 15 is 0 Å². The molecule has 5 N–H and O–H groups in total. The average molecular weight is 367 g/mol. The first-order chi connectivity index (χ1) is 11.8. The topological polar surface area (TPSA) is 143 Å². The Hall–Kier alpha value is -3.00. The third-order valence-electron chi connectivity index (χ3n) is 3.35. The van der Waals surface area contributed by atoms with Gasteiger partial charge in [0.1, 0.15) is 22.7 Å². The maximum absolute atomic E-state index is 12.0. The number of carbonyl (C=O) groups is 2. The molecule has 1 aromatic carbocycles. The number of nitrogens with one attached hydrogen (secondary N) is 1. The number of aromatic carboxylic acids is 2. The molecule has 0 aliphatic rings. The van der Waals surface area contributed by atoms with Gasteiger partial charge < -0.3 is 25.7 Å². The van der Waals surface area contributed by atoms with Gasteiger partial charge in [-0.15, -0.1) is 0 Å². The van der Waals surface area contributed by atoms with Crippen LogP contribution in [0.15, 0.2) is 23.0 Å². The third-order valence-corrected chi connectivity index (χ3v) is 3.65. The molecule has 132 valence electrons. The number of nitrogens with two attached hydrogens (primary N) is 1. The highest BCUT2D eigenvalue weighted by Crippen LogP contribution is 2.34. The Kier molecular flexibility index (Phi) is 5.33. The number of carboxylic acid groups (broad SMARTS) is 2. The van der Waals surface area contributed by atoms with E-state index in [-0.39, 0.29) is 16.1 Å². The highest BCUT2D eigenvalue weighted by molar-refractivity contribution is 6.32. The summed E-state index contributed by atoms with van der Waals surface area (Å²) < 4.78 is 5.42. The molecule has 0 aliphatic heterocycles. The van der Waals surface area contributed by atoms with Crippen LogP contribution in [0.4, 0.5) is 5.82 Å². The van der Waals surface area contributed by atoms with E-state index in [0.717, 1.165) is 6.42 Å². The third kappa shape index (κ3) is 3.58. The number of pyridine rings is 1. The Morgan fingerprint density at radius 1 is 1.24 bits per heavy atom. The highest BCUT2D eigenvalue weighted by atomic mass is 35.5. The molecule has 2 rings (SSSR count). The molecule has 0 unspecified atom stereocenters. The van der Waals surface area contributed by atoms with Gasteiger partial charge in [-0.05, 0) is 24.1 Å². The Balaban J connectivity index is 2.77. The summed E-state index contributed by atoms with van der Waals surface area (Å²) >= 11 is 6.12. The molecule has 8 nitrogen and oxygen atoms in total. The minimum Gasteiger partial charge on any atom is -0.492 e. The van der Waals surface area contributed by atoms with Gasteiger partial charge in [-0.25, -0.2) is 9.59 Å². The number of hydrogen-bond acceptors (Lipinski definition) is 5. The van der Waals surface area contributed by atoms with Crippen molar-refractivity contribution >= 4 is 29.4 Å². The summed E-state index contributed by atoms with van der Waals surface area (Å²) in [6.07, 6.45) is 0.759. The van der Waals surface area contributed by atoms with E-state index < -0.39 is 34.4 Å². The molecule has 0 atom stereocenters. The predicted octanol–water partition coefficient (Wildman–Crippen LogP) is 2.46. The van der Waals surface area contributed by atoms with Crippen LogP contribution in [-0.2, 0) is 0 Å². The maximum Gasteiger partial charge on any atom is 0.342 e. The Morgan fingerprint density at radius 2 is 1.88 bits per heavy atom. The maximum atomic E-state index is 12.0. The van der Waals surface area contributed by atoms with E-state index in [0.29, 0.717) is 12.4 Å². The second kappa shape index (κ2) is 7.27. The zero-order valence-electron chi connectivity index (χ0n) is 13.1. The summed E-state index contributed by atoms with van der Waals surface area (Å²) in [5.74, 6) is -3.14. The summed E-state index contributed by atoms with van der Waals surface area (Å²) in [7, 11) is 0. The molecule has 0 bridgehead atoms. The lowest BCUT2D eigenvalue weighted by atomic mass is 9.95. The van der Waals surface area contributed by atoms with Crippen LogP contribution in [0.1, 0.15) is 34.1 Å². The molecule has 0 spiro atoms. The number of carboxylic acids is 2. The molecule has 1 heterocycles. The van der Waals surface area contributed by atoms with Gasteiger partial charge >= 0.3 is 11.9 Å². The largest absolute Gasteiger partial charge is 0.492 e. The van der Waals surface area contributed by atoms with Crippen molar-refractivity contribution in [2.24, 2.45) is 0 Å². The fourth-order valence-corrected chi connectivity index (χ4v) is 2.56. The number of nitrogen functional groups attached to an aromatic ring is 1. The number of halogens is 1. The predicted molar refractivity (Wildman–Crippen MR) is 91.6 cm³/mol. The van der Waals surface area contributed by atoms with Gasteiger partial charge in [0, 0.05) is 5.56 Å². The van der Waals surface area contributed by atoms with Crippen molar-refractivity contribution in [1.82, 2.24) is 4.98 Å². The van der Waals surface area contributed by atoms with Crippen LogP contribution >= 0.6 is 11.6 Å². The van der Waals surface area contributed by atoms with Crippen LogP contribution in [0, 0.1) is 0 Å². The molecule has 0 aliphatic carbocycles. The summed E-state index contributed by atoms with van der Waals surface area (Å²) in [6.45, 7) is 2.34. The Bertz CT molecular complexity index is 906. The zero-order valence-corrected chi connectivity index (χ0v) is 13.9. The van der Waals surface area contributed by atoms with E-state index in [9.17, 15) is 24.6 Å². The minimum atomic E-state index is -1.58. The van der Waals surface area contributed by atoms with Crippen molar-refractivity contribution in [3.63, 3.8) is 0 Å². The van der Waals surface area contributed by atoms with Crippen molar-refractivity contribution in [2.45, 2.75) is 13.3 Å². The molecular weight excluding hydrogens is 352 g/mol. The van der Waals surface area contributed by atoms with Gasteiger partial charge in [-0.3, -0.25) is 4.79 Å². The average Bonchev–Trinajstić information content (AvgIpc) is 2.52. The standard InChI is InChI=1S/C16H15ClN2O6/c1-2-5-25-9-4-3-7(6-8(9)17)10-11(15(21)22)13(18)19-14(20)12(10)16(23)24/h3-4,6H,2,5H2,1H3,(H,21,22)(H,23,24)(H3,18,19,20). The molecule has 25 heavy (non-hydrogen) atoms. The Morgan fingerprint density at radius 3 is 2.40 bits per heavy atom. The molecule has 9 heteroatoms. The lowest BCUT2D eigenvalue weighted by Crippen LogP contribution is -2.24. The number of H-pyrrole nitrogens is 1. The van der Waals surface area contributed by atoms with Crippen molar-refractivity contribution in [3.8, 4) is 16.9 Å². The Labute approximate surface area is 146 Å². The number of ether oxygens (including phenoxy) is 1. The van der Waals surface area contributed by atoms with Crippen LogP contribution in [0.5, 0.6) is 5.75 Å². The first-order valence-electron chi connectivity index (χ1n) is 7.23. The lowest BCUT2D eigenvalue weighted by molar-refractivity contribution is 0.0695. The van der Waals surface area contributed by atoms with Gasteiger partial charge in [0.2, 0.25) is 0 Å². The molecular formula is C16H15ClN2O6. The molecule has 0 fully saturated rings. The number of rotatable bonds is 6. The molecule has 2 aromatic rings. The van der Waals surface area contributed by atoms with Crippen molar-refractivity contribution in [3.05, 3.63) is 44.7 Å². The van der Waals surface area contributed by atoms with E-state index in [2.05, 4.69) is 0 Å². The monoisotopic (exact) mass is 366 g/mol. The van der Waals surface area contributed by atoms with Crippen molar-refractivity contribution in [1.29, 1.82) is 0 Å². The first-order valence-corrected chi connectivity index (χ1v) is 7.60. The van der Waals surface area contributed by atoms with Gasteiger partial charge in [0.15, 0.2) is 0 Å². The second-order valence-corrected chi connectivity index (χ2v) is 5.50. The van der Waals surface area contributed by atoms with Crippen LogP contribution in [-0.4, -0.2) is 33.7 Å². The van der Waals surface area contributed by atoms with Crippen LogP contribution in [0.2, 0.25) is 5.02 Å². The lowest BCUT2D eigenvalue weighted by Gasteiger charge is -2.14. The van der Waals surface area contributed by atoms with Gasteiger partial charge in [0.05, 0.1) is 11.6 Å². The highest BCUT2D eigenvalue weighted by Gasteiger charge is 2.26. The van der Waals surface area contributed by atoms with Crippen LogP contribution < -0.4 is 16.0 Å². The number of hydrogen-bond donors (Lipinski definition) is 4. The van der Waals surface area contributed by atoms with Crippen molar-refractivity contribution in [2.75, 3.05) is 12.3 Å². The molecule has 1 aromatic heterocycles. The van der Waals surface area contributed by atoms with E-state index in [4.69, 9.17) is 22.1 Å². The van der Waals surface area contributed by atoms with E-state index in [1.54, 1.807) is 0 Å². The first kappa shape index (κ1) is 18.3. The van der Waals surface area contributed by atoms with E-state index in [1.807, 2.05) is 11.9 Å². The molecule has 0 saturated heterocycles. The van der Waals surface area contributed by atoms with E-state index in [1.165, 1.54) is 18.2 Å². The van der Waals surface area contributed by atoms with Crippen molar-refractivity contribution < 1.29 is 24.5 Å². The van der Waals surface area contributed by atoms with Gasteiger partial charge in [-0.2, -0.15) is 0 Å². The number of benzene rings is 1. The normalized spacial score (nSPS) is 10.5. The molecule has 0 saturated carbocycles. The fraction of sp³-hybridized carbons (Fsp3) is 0.188. The van der Waals surface area contributed by atoms with Crippen LogP contribution in [0.25, 0.3) is 11.1 Å². The van der Waals surface area contributed by atoms with Gasteiger partial charge in [-0.1, -0.05) is 24.6 Å². The molecule has 0 radical (unpaired) electrons. The summed E-state index contributed by atoms with van der Waals surface area (Å²) in [5.41, 5.74) is 3.13. The zero-order chi connectivity index (χ0) is 18.7. The number of aromatic amines is 1. The quantitative estimate of drug-likeness (QED) is 0.614. The summed E-state index contributed by atoms with van der Waals surface area (Å²) in [5, 5.41) is 18.9. The number of aromatic nitrogens is 1.